The van der Waals surface area contributed by atoms with Crippen molar-refractivity contribution in [2.24, 2.45) is 0 Å². The number of amides is 4. The quantitative estimate of drug-likeness (QED) is 0.435. The number of barbiturate groups is 1. The lowest BCUT2D eigenvalue weighted by Crippen LogP contribution is -2.51. The summed E-state index contributed by atoms with van der Waals surface area (Å²) in [6.45, 7) is 3.08. The summed E-state index contributed by atoms with van der Waals surface area (Å²) < 4.78 is 0. The summed E-state index contributed by atoms with van der Waals surface area (Å²) in [6, 6.07) is 7.52. The Morgan fingerprint density at radius 1 is 0.821 bits per heavy atom. The fourth-order valence-corrected chi connectivity index (χ4v) is 2.29. The van der Waals surface area contributed by atoms with Crippen LogP contribution in [0.1, 0.15) is 12.5 Å². The standard InChI is InChI=1S/C22H23N3O3/c1-3-25(2)18-15-13-17(14-16-18)11-9-7-5-4-6-8-10-12-19-20(26)23-22(28)24-21(19)27/h4-16H,3H2,1-2H3,(H2,23,24,26,27,28)/b6-4+,7-5+,10-8+,11-9+. The zero-order valence-corrected chi connectivity index (χ0v) is 15.9. The Morgan fingerprint density at radius 2 is 1.36 bits per heavy atom. The normalized spacial score (nSPS) is 15.1. The molecular weight excluding hydrogens is 354 g/mol. The first-order valence-corrected chi connectivity index (χ1v) is 8.87. The van der Waals surface area contributed by atoms with E-state index in [0.717, 1.165) is 12.1 Å². The van der Waals surface area contributed by atoms with E-state index in [1.54, 1.807) is 18.2 Å². The molecule has 144 valence electrons. The molecule has 0 aromatic heterocycles. The van der Waals surface area contributed by atoms with E-state index in [-0.39, 0.29) is 5.57 Å². The van der Waals surface area contributed by atoms with Crippen LogP contribution in [0, 0.1) is 0 Å². The Balaban J connectivity index is 1.81. The van der Waals surface area contributed by atoms with Crippen molar-refractivity contribution in [1.29, 1.82) is 0 Å². The molecule has 0 saturated carbocycles. The minimum absolute atomic E-state index is 0.112. The van der Waals surface area contributed by atoms with Gasteiger partial charge in [-0.05, 0) is 30.7 Å². The van der Waals surface area contributed by atoms with Crippen LogP contribution in [0.2, 0.25) is 0 Å². The van der Waals surface area contributed by atoms with E-state index in [4.69, 9.17) is 0 Å². The van der Waals surface area contributed by atoms with Crippen molar-refractivity contribution in [2.75, 3.05) is 18.5 Å². The number of rotatable bonds is 7. The summed E-state index contributed by atoms with van der Waals surface area (Å²) in [5, 5.41) is 4.02. The third-order valence-electron chi connectivity index (χ3n) is 3.97. The van der Waals surface area contributed by atoms with Crippen LogP contribution in [-0.2, 0) is 9.59 Å². The van der Waals surface area contributed by atoms with Gasteiger partial charge in [0.05, 0.1) is 0 Å². The smallest absolute Gasteiger partial charge is 0.328 e. The predicted molar refractivity (Wildman–Crippen MR) is 112 cm³/mol. The van der Waals surface area contributed by atoms with Gasteiger partial charge in [0.2, 0.25) is 0 Å². The number of nitrogens with one attached hydrogen (secondary N) is 2. The van der Waals surface area contributed by atoms with Crippen molar-refractivity contribution >= 4 is 29.6 Å². The third kappa shape index (κ3) is 6.25. The van der Waals surface area contributed by atoms with Crippen molar-refractivity contribution in [3.8, 4) is 0 Å². The van der Waals surface area contributed by atoms with Gasteiger partial charge in [-0.3, -0.25) is 20.2 Å². The number of nitrogens with zero attached hydrogens (tertiary/aromatic N) is 1. The van der Waals surface area contributed by atoms with E-state index >= 15 is 0 Å². The highest BCUT2D eigenvalue weighted by Gasteiger charge is 2.26. The number of anilines is 1. The number of carbonyl (C=O) groups excluding carboxylic acids is 3. The van der Waals surface area contributed by atoms with E-state index in [9.17, 15) is 14.4 Å². The van der Waals surface area contributed by atoms with Gasteiger partial charge >= 0.3 is 6.03 Å². The van der Waals surface area contributed by atoms with Crippen LogP contribution >= 0.6 is 0 Å². The van der Waals surface area contributed by atoms with Crippen molar-refractivity contribution in [1.82, 2.24) is 10.6 Å². The van der Waals surface area contributed by atoms with Crippen molar-refractivity contribution < 1.29 is 14.4 Å². The predicted octanol–water partition coefficient (Wildman–Crippen LogP) is 3.12. The molecule has 1 heterocycles. The molecule has 1 aliphatic rings. The van der Waals surface area contributed by atoms with E-state index in [1.165, 1.54) is 11.8 Å². The van der Waals surface area contributed by atoms with Crippen LogP contribution < -0.4 is 15.5 Å². The highest BCUT2D eigenvalue weighted by Crippen LogP contribution is 2.14. The van der Waals surface area contributed by atoms with Crippen LogP contribution in [0.25, 0.3) is 6.08 Å². The summed E-state index contributed by atoms with van der Waals surface area (Å²) in [5.74, 6) is -1.41. The Kier molecular flexibility index (Phi) is 7.72. The molecule has 0 bridgehead atoms. The number of urea groups is 1. The lowest BCUT2D eigenvalue weighted by molar-refractivity contribution is -0.124. The van der Waals surface area contributed by atoms with Gasteiger partial charge in [0, 0.05) is 19.3 Å². The molecule has 28 heavy (non-hydrogen) atoms. The van der Waals surface area contributed by atoms with E-state index in [2.05, 4.69) is 43.1 Å². The second kappa shape index (κ2) is 10.5. The first-order valence-electron chi connectivity index (χ1n) is 8.87. The van der Waals surface area contributed by atoms with E-state index < -0.39 is 17.8 Å². The lowest BCUT2D eigenvalue weighted by Gasteiger charge is -2.16. The zero-order chi connectivity index (χ0) is 20.4. The summed E-state index contributed by atoms with van der Waals surface area (Å²) >= 11 is 0. The van der Waals surface area contributed by atoms with Gasteiger partial charge in [-0.15, -0.1) is 0 Å². The molecule has 0 radical (unpaired) electrons. The molecule has 0 unspecified atom stereocenters. The Bertz CT molecular complexity index is 853. The fraction of sp³-hybridized carbons (Fsp3) is 0.136. The second-order valence-corrected chi connectivity index (χ2v) is 5.94. The largest absolute Gasteiger partial charge is 0.375 e. The Hall–Kier alpha value is -3.67. The van der Waals surface area contributed by atoms with Crippen LogP contribution in [0.3, 0.4) is 0 Å². The minimum Gasteiger partial charge on any atom is -0.375 e. The van der Waals surface area contributed by atoms with Crippen molar-refractivity contribution in [3.63, 3.8) is 0 Å². The first kappa shape index (κ1) is 20.6. The summed E-state index contributed by atoms with van der Waals surface area (Å²) in [7, 11) is 2.06. The molecule has 4 amide bonds. The lowest BCUT2D eigenvalue weighted by atomic mass is 10.2. The molecule has 1 aromatic carbocycles. The topological polar surface area (TPSA) is 78.5 Å². The molecule has 1 fully saturated rings. The van der Waals surface area contributed by atoms with Gasteiger partial charge < -0.3 is 4.90 Å². The van der Waals surface area contributed by atoms with Crippen LogP contribution in [0.15, 0.2) is 78.4 Å². The number of allylic oxidation sites excluding steroid dienone is 8. The molecule has 0 aliphatic carbocycles. The van der Waals surface area contributed by atoms with Gasteiger partial charge in [0.15, 0.2) is 0 Å². The number of imide groups is 2. The SMILES string of the molecule is CCN(C)c1ccc(/C=C/C=C/C=C/C=C/C=C2C(=O)NC(=O)NC2=O)cc1. The molecule has 2 rings (SSSR count). The average molecular weight is 377 g/mol. The summed E-state index contributed by atoms with van der Waals surface area (Å²) in [5.41, 5.74) is 2.20. The first-order chi connectivity index (χ1) is 13.5. The molecule has 0 atom stereocenters. The maximum Gasteiger partial charge on any atom is 0.328 e. The second-order valence-electron chi connectivity index (χ2n) is 5.94. The van der Waals surface area contributed by atoms with Crippen molar-refractivity contribution in [3.05, 3.63) is 84.0 Å². The maximum atomic E-state index is 11.5. The van der Waals surface area contributed by atoms with Crippen LogP contribution in [0.4, 0.5) is 10.5 Å². The molecule has 1 aromatic rings. The summed E-state index contributed by atoms with van der Waals surface area (Å²) in [6.07, 6.45) is 15.9. The molecule has 6 nitrogen and oxygen atoms in total. The highest BCUT2D eigenvalue weighted by molar-refractivity contribution is 6.29. The van der Waals surface area contributed by atoms with Gasteiger partial charge in [0.1, 0.15) is 5.57 Å². The van der Waals surface area contributed by atoms with E-state index in [1.807, 2.05) is 41.0 Å². The van der Waals surface area contributed by atoms with E-state index in [0.29, 0.717) is 0 Å². The fourth-order valence-electron chi connectivity index (χ4n) is 2.29. The van der Waals surface area contributed by atoms with Gasteiger partial charge in [-0.2, -0.15) is 0 Å². The molecule has 0 spiro atoms. The van der Waals surface area contributed by atoms with Crippen LogP contribution in [0.5, 0.6) is 0 Å². The monoisotopic (exact) mass is 377 g/mol. The van der Waals surface area contributed by atoms with Crippen molar-refractivity contribution in [2.45, 2.75) is 6.92 Å². The molecule has 2 N–H and O–H groups in total. The zero-order valence-electron chi connectivity index (χ0n) is 15.9. The molecule has 6 heteroatoms. The maximum absolute atomic E-state index is 11.5. The number of benzene rings is 1. The highest BCUT2D eigenvalue weighted by atomic mass is 16.2. The van der Waals surface area contributed by atoms with Gasteiger partial charge in [0.25, 0.3) is 11.8 Å². The minimum atomic E-state index is -0.807. The Labute approximate surface area is 164 Å². The van der Waals surface area contributed by atoms with Gasteiger partial charge in [-0.1, -0.05) is 60.7 Å². The number of carbonyl (C=O) groups is 3. The average Bonchev–Trinajstić information content (AvgIpc) is 2.68. The molecular formula is C22H23N3O3. The third-order valence-corrected chi connectivity index (χ3v) is 3.97. The van der Waals surface area contributed by atoms with Gasteiger partial charge in [-0.25, -0.2) is 4.79 Å². The Morgan fingerprint density at radius 3 is 1.93 bits per heavy atom. The molecule has 1 aliphatic heterocycles. The van der Waals surface area contributed by atoms with Crippen LogP contribution in [-0.4, -0.2) is 31.4 Å². The summed E-state index contributed by atoms with van der Waals surface area (Å²) in [4.78, 5) is 36.1. The number of hydrogen-bond acceptors (Lipinski definition) is 4. The number of hydrogen-bond donors (Lipinski definition) is 2. The molecule has 1 saturated heterocycles.